The fourth-order valence-electron chi connectivity index (χ4n) is 3.04. The fraction of sp³-hybridized carbons (Fsp3) is 0.647. The minimum absolute atomic E-state index is 0.363. The maximum absolute atomic E-state index is 5.50. The molecular weight excluding hydrogens is 264 g/mol. The van der Waals surface area contributed by atoms with Crippen LogP contribution >= 0.6 is 0 Å². The minimum atomic E-state index is 0.363. The summed E-state index contributed by atoms with van der Waals surface area (Å²) in [6.07, 6.45) is 1.24. The molecule has 0 aliphatic carbocycles. The highest BCUT2D eigenvalue weighted by Crippen LogP contribution is 2.22. The second-order valence-electron chi connectivity index (χ2n) is 5.71. The van der Waals surface area contributed by atoms with Gasteiger partial charge in [-0.2, -0.15) is 0 Å². The zero-order valence-electron chi connectivity index (χ0n) is 13.5. The van der Waals surface area contributed by atoms with E-state index in [9.17, 15) is 0 Å². The number of benzene rings is 1. The molecule has 1 aliphatic heterocycles. The lowest BCUT2D eigenvalue weighted by Gasteiger charge is -2.24. The Morgan fingerprint density at radius 2 is 2.10 bits per heavy atom. The van der Waals surface area contributed by atoms with Gasteiger partial charge in [-0.05, 0) is 50.6 Å². The molecule has 2 unspecified atom stereocenters. The van der Waals surface area contributed by atoms with Crippen LogP contribution in [0.1, 0.15) is 24.9 Å². The van der Waals surface area contributed by atoms with Gasteiger partial charge >= 0.3 is 0 Å². The van der Waals surface area contributed by atoms with Crippen LogP contribution in [-0.2, 0) is 4.74 Å². The zero-order chi connectivity index (χ0) is 15.1. The van der Waals surface area contributed by atoms with Crippen molar-refractivity contribution in [3.8, 4) is 5.75 Å². The van der Waals surface area contributed by atoms with E-state index < -0.39 is 0 Å². The summed E-state index contributed by atoms with van der Waals surface area (Å²) in [5.74, 6) is 1.63. The van der Waals surface area contributed by atoms with E-state index in [0.717, 1.165) is 25.4 Å². The van der Waals surface area contributed by atoms with Gasteiger partial charge in [-0.1, -0.05) is 12.1 Å². The molecule has 1 heterocycles. The molecule has 1 fully saturated rings. The highest BCUT2D eigenvalue weighted by atomic mass is 16.5. The van der Waals surface area contributed by atoms with Crippen LogP contribution in [0.2, 0.25) is 0 Å². The van der Waals surface area contributed by atoms with Gasteiger partial charge in [0, 0.05) is 26.2 Å². The maximum atomic E-state index is 5.50. The third kappa shape index (κ3) is 4.70. The van der Waals surface area contributed by atoms with Gasteiger partial charge in [0.15, 0.2) is 0 Å². The number of hydrogen-bond acceptors (Lipinski definition) is 4. The number of ether oxygens (including phenoxy) is 2. The molecule has 4 heteroatoms. The lowest BCUT2D eigenvalue weighted by molar-refractivity contribution is 0.152. The number of nitrogens with one attached hydrogen (secondary N) is 1. The van der Waals surface area contributed by atoms with E-state index >= 15 is 0 Å². The number of nitrogens with zero attached hydrogens (tertiary/aromatic N) is 1. The van der Waals surface area contributed by atoms with Crippen LogP contribution in [0.4, 0.5) is 0 Å². The monoisotopic (exact) mass is 292 g/mol. The number of rotatable bonds is 8. The molecule has 118 valence electrons. The molecule has 4 nitrogen and oxygen atoms in total. The summed E-state index contributed by atoms with van der Waals surface area (Å²) in [7, 11) is 3.82. The van der Waals surface area contributed by atoms with Crippen molar-refractivity contribution in [3.05, 3.63) is 29.8 Å². The average molecular weight is 292 g/mol. The van der Waals surface area contributed by atoms with Crippen molar-refractivity contribution in [1.82, 2.24) is 10.2 Å². The SMILES string of the molecule is CCOc1ccc(C(CN2CCC(COC)C2)NC)cc1. The first-order valence-electron chi connectivity index (χ1n) is 7.88. The summed E-state index contributed by atoms with van der Waals surface area (Å²) in [5.41, 5.74) is 1.32. The Labute approximate surface area is 128 Å². The van der Waals surface area contributed by atoms with E-state index in [1.165, 1.54) is 18.5 Å². The highest BCUT2D eigenvalue weighted by molar-refractivity contribution is 5.29. The van der Waals surface area contributed by atoms with Crippen LogP contribution in [0.15, 0.2) is 24.3 Å². The lowest BCUT2D eigenvalue weighted by atomic mass is 10.1. The normalized spacial score (nSPS) is 20.6. The van der Waals surface area contributed by atoms with Crippen LogP contribution in [0.25, 0.3) is 0 Å². The van der Waals surface area contributed by atoms with Gasteiger partial charge in [-0.3, -0.25) is 0 Å². The minimum Gasteiger partial charge on any atom is -0.494 e. The summed E-state index contributed by atoms with van der Waals surface area (Å²) in [4.78, 5) is 2.53. The number of methoxy groups -OCH3 is 1. The molecule has 2 rings (SSSR count). The molecule has 1 saturated heterocycles. The summed E-state index contributed by atoms with van der Waals surface area (Å²) >= 11 is 0. The first-order chi connectivity index (χ1) is 10.3. The first-order valence-corrected chi connectivity index (χ1v) is 7.88. The Morgan fingerprint density at radius 1 is 1.33 bits per heavy atom. The molecule has 0 spiro atoms. The molecular formula is C17H28N2O2. The van der Waals surface area contributed by atoms with Crippen molar-refractivity contribution >= 4 is 0 Å². The Balaban J connectivity index is 1.90. The molecule has 0 radical (unpaired) electrons. The van der Waals surface area contributed by atoms with Crippen molar-refractivity contribution in [2.75, 3.05) is 47.0 Å². The molecule has 0 aromatic heterocycles. The molecule has 0 saturated carbocycles. The second kappa shape index (κ2) is 8.37. The van der Waals surface area contributed by atoms with Gasteiger partial charge in [0.05, 0.1) is 13.2 Å². The van der Waals surface area contributed by atoms with E-state index in [1.807, 2.05) is 14.0 Å². The molecule has 0 bridgehead atoms. The lowest BCUT2D eigenvalue weighted by Crippen LogP contribution is -2.32. The van der Waals surface area contributed by atoms with Gasteiger partial charge in [0.2, 0.25) is 0 Å². The Kier molecular flexibility index (Phi) is 6.49. The molecule has 1 N–H and O–H groups in total. The molecule has 0 amide bonds. The maximum Gasteiger partial charge on any atom is 0.119 e. The molecule has 21 heavy (non-hydrogen) atoms. The van der Waals surface area contributed by atoms with Crippen LogP contribution in [0.5, 0.6) is 5.75 Å². The van der Waals surface area contributed by atoms with E-state index in [0.29, 0.717) is 18.6 Å². The third-order valence-corrected chi connectivity index (χ3v) is 4.16. The predicted molar refractivity (Wildman–Crippen MR) is 85.8 cm³/mol. The topological polar surface area (TPSA) is 33.7 Å². The summed E-state index contributed by atoms with van der Waals surface area (Å²) in [5, 5.41) is 3.43. The Hall–Kier alpha value is -1.10. The average Bonchev–Trinajstić information content (AvgIpc) is 2.94. The van der Waals surface area contributed by atoms with E-state index in [4.69, 9.17) is 9.47 Å². The van der Waals surface area contributed by atoms with E-state index in [2.05, 4.69) is 34.5 Å². The van der Waals surface area contributed by atoms with Gasteiger partial charge < -0.3 is 19.7 Å². The zero-order valence-corrected chi connectivity index (χ0v) is 13.5. The molecule has 1 aromatic rings. The van der Waals surface area contributed by atoms with Crippen LogP contribution in [0.3, 0.4) is 0 Å². The van der Waals surface area contributed by atoms with E-state index in [1.54, 1.807) is 7.11 Å². The van der Waals surface area contributed by atoms with Crippen molar-refractivity contribution < 1.29 is 9.47 Å². The van der Waals surface area contributed by atoms with Crippen molar-refractivity contribution in [3.63, 3.8) is 0 Å². The first kappa shape index (κ1) is 16.3. The van der Waals surface area contributed by atoms with Crippen LogP contribution in [0, 0.1) is 5.92 Å². The van der Waals surface area contributed by atoms with Gasteiger partial charge in [0.1, 0.15) is 5.75 Å². The fourth-order valence-corrected chi connectivity index (χ4v) is 3.04. The Morgan fingerprint density at radius 3 is 2.71 bits per heavy atom. The number of likely N-dealkylation sites (N-methyl/N-ethyl adjacent to an activating group) is 1. The largest absolute Gasteiger partial charge is 0.494 e. The third-order valence-electron chi connectivity index (χ3n) is 4.16. The number of likely N-dealkylation sites (tertiary alicyclic amines) is 1. The molecule has 1 aromatic carbocycles. The highest BCUT2D eigenvalue weighted by Gasteiger charge is 2.24. The summed E-state index contributed by atoms with van der Waals surface area (Å²) < 4.78 is 10.8. The smallest absolute Gasteiger partial charge is 0.119 e. The van der Waals surface area contributed by atoms with Crippen LogP contribution < -0.4 is 10.1 Å². The predicted octanol–water partition coefficient (Wildman–Crippen LogP) is 2.31. The van der Waals surface area contributed by atoms with Crippen molar-refractivity contribution in [1.29, 1.82) is 0 Å². The second-order valence-corrected chi connectivity index (χ2v) is 5.71. The van der Waals surface area contributed by atoms with E-state index in [-0.39, 0.29) is 0 Å². The quantitative estimate of drug-likeness (QED) is 0.797. The Bertz CT molecular complexity index is 408. The van der Waals surface area contributed by atoms with Crippen LogP contribution in [-0.4, -0.2) is 51.9 Å². The van der Waals surface area contributed by atoms with Gasteiger partial charge in [0.25, 0.3) is 0 Å². The van der Waals surface area contributed by atoms with Gasteiger partial charge in [-0.25, -0.2) is 0 Å². The molecule has 1 aliphatic rings. The standard InChI is InChI=1S/C17H28N2O2/c1-4-21-16-7-5-15(6-8-16)17(18-2)12-19-10-9-14(11-19)13-20-3/h5-8,14,17-18H,4,9-13H2,1-3H3. The van der Waals surface area contributed by atoms with Crippen molar-refractivity contribution in [2.24, 2.45) is 5.92 Å². The van der Waals surface area contributed by atoms with Gasteiger partial charge in [-0.15, -0.1) is 0 Å². The summed E-state index contributed by atoms with van der Waals surface area (Å²) in [6.45, 7) is 6.96. The number of hydrogen-bond donors (Lipinski definition) is 1. The van der Waals surface area contributed by atoms with Crippen molar-refractivity contribution in [2.45, 2.75) is 19.4 Å². The molecule has 2 atom stereocenters. The summed E-state index contributed by atoms with van der Waals surface area (Å²) in [6, 6.07) is 8.80.